The maximum Gasteiger partial charge on any atom is 0.418 e. The molecule has 2 aromatic heterocycles. The van der Waals surface area contributed by atoms with Crippen LogP contribution in [0.25, 0.3) is 11.1 Å². The Labute approximate surface area is 251 Å². The number of hydrogen-bond acceptors (Lipinski definition) is 12. The molecule has 1 unspecified atom stereocenters. The molecule has 2 amide bonds. The van der Waals surface area contributed by atoms with Crippen LogP contribution in [0.15, 0.2) is 47.2 Å². The Morgan fingerprint density at radius 3 is 2.58 bits per heavy atom. The Balaban J connectivity index is 1.34. The van der Waals surface area contributed by atoms with Crippen LogP contribution in [0.2, 0.25) is 0 Å². The first-order valence-electron chi connectivity index (χ1n) is 13.0. The van der Waals surface area contributed by atoms with E-state index in [0.717, 1.165) is 35.4 Å². The summed E-state index contributed by atoms with van der Waals surface area (Å²) in [4.78, 5) is 34.9. The Morgan fingerprint density at radius 2 is 1.98 bits per heavy atom. The smallest absolute Gasteiger partial charge is 0.418 e. The molecule has 1 fully saturated rings. The fourth-order valence-corrected chi connectivity index (χ4v) is 5.26. The average Bonchev–Trinajstić information content (AvgIpc) is 3.55. The lowest BCUT2D eigenvalue weighted by atomic mass is 9.84. The summed E-state index contributed by atoms with van der Waals surface area (Å²) in [6.07, 6.45) is 4.98. The second-order valence-electron chi connectivity index (χ2n) is 10.0. The lowest BCUT2D eigenvalue weighted by molar-refractivity contribution is -0.753. The molecule has 0 bridgehead atoms. The second-order valence-corrected chi connectivity index (χ2v) is 11.9. The number of rotatable bonds is 14. The SMILES string of the molecule is C[n+]1cc(-c2ccc(OCCO/N=C(\C(=O)NC3C(=O)N(OS(=O)(=O)O)C3(C)C)c3csc(N)n3)cc2)cn1CCCN. The molecule has 1 saturated heterocycles. The first-order chi connectivity index (χ1) is 20.3. The van der Waals surface area contributed by atoms with Gasteiger partial charge in [-0.1, -0.05) is 17.3 Å². The van der Waals surface area contributed by atoms with Crippen molar-refractivity contribution in [3.8, 4) is 16.9 Å². The van der Waals surface area contributed by atoms with Crippen LogP contribution in [0, 0.1) is 0 Å². The van der Waals surface area contributed by atoms with Crippen molar-refractivity contribution in [3.05, 3.63) is 47.7 Å². The van der Waals surface area contributed by atoms with Crippen LogP contribution in [-0.2, 0) is 42.7 Å². The van der Waals surface area contributed by atoms with Crippen molar-refractivity contribution < 1.29 is 41.1 Å². The number of amides is 2. The number of aryl methyl sites for hydroxylation is 2. The zero-order chi connectivity index (χ0) is 31.4. The van der Waals surface area contributed by atoms with Gasteiger partial charge in [-0.25, -0.2) is 4.98 Å². The number of nitrogen functional groups attached to an aromatic ring is 1. The van der Waals surface area contributed by atoms with Gasteiger partial charge in [-0.15, -0.1) is 20.3 Å². The predicted octanol–water partition coefficient (Wildman–Crippen LogP) is 0.00680. The maximum absolute atomic E-state index is 13.1. The summed E-state index contributed by atoms with van der Waals surface area (Å²) in [6, 6.07) is 6.36. The number of thiazole rings is 1. The van der Waals surface area contributed by atoms with E-state index < -0.39 is 33.8 Å². The third kappa shape index (κ3) is 7.65. The normalized spacial score (nSPS) is 16.6. The predicted molar refractivity (Wildman–Crippen MR) is 155 cm³/mol. The molecule has 3 aromatic rings. The van der Waals surface area contributed by atoms with Gasteiger partial charge in [-0.2, -0.15) is 18.2 Å². The van der Waals surface area contributed by atoms with Crippen molar-refractivity contribution in [3.63, 3.8) is 0 Å². The number of carbonyl (C=O) groups is 2. The minimum Gasteiger partial charge on any atom is -0.490 e. The Hall–Kier alpha value is -4.10. The molecule has 0 saturated carbocycles. The van der Waals surface area contributed by atoms with E-state index in [1.807, 2.05) is 42.2 Å². The van der Waals surface area contributed by atoms with Gasteiger partial charge in [0.15, 0.2) is 24.5 Å². The number of nitrogens with zero attached hydrogens (tertiary/aromatic N) is 5. The number of oxime groups is 1. The molecule has 1 aliphatic rings. The van der Waals surface area contributed by atoms with Gasteiger partial charge in [0, 0.05) is 5.38 Å². The monoisotopic (exact) mass is 637 g/mol. The zero-order valence-electron chi connectivity index (χ0n) is 23.7. The number of anilines is 1. The number of hydroxylamine groups is 2. The van der Waals surface area contributed by atoms with Crippen molar-refractivity contribution in [2.24, 2.45) is 17.9 Å². The topological polar surface area (TPSA) is 218 Å². The number of benzene rings is 1. The maximum atomic E-state index is 13.1. The fraction of sp³-hybridized carbons (Fsp3) is 0.400. The Kier molecular flexibility index (Phi) is 9.65. The van der Waals surface area contributed by atoms with Crippen molar-refractivity contribution in [1.29, 1.82) is 0 Å². The average molecular weight is 638 g/mol. The van der Waals surface area contributed by atoms with Crippen LogP contribution in [0.5, 0.6) is 5.75 Å². The highest BCUT2D eigenvalue weighted by atomic mass is 32.3. The molecule has 1 atom stereocenters. The number of β-lactam (4-membered cyclic amide) rings is 1. The number of nitrogens with two attached hydrogens (primary N) is 2. The molecule has 3 heterocycles. The molecule has 16 nitrogen and oxygen atoms in total. The van der Waals surface area contributed by atoms with Crippen molar-refractivity contribution in [2.45, 2.75) is 38.4 Å². The van der Waals surface area contributed by atoms with Gasteiger partial charge in [-0.3, -0.25) is 14.1 Å². The summed E-state index contributed by atoms with van der Waals surface area (Å²) >= 11 is 1.07. The van der Waals surface area contributed by atoms with Gasteiger partial charge in [0.05, 0.1) is 23.8 Å². The molecule has 1 aliphatic heterocycles. The number of aromatic nitrogens is 3. The lowest BCUT2D eigenvalue weighted by Gasteiger charge is -2.50. The first-order valence-corrected chi connectivity index (χ1v) is 15.3. The van der Waals surface area contributed by atoms with E-state index in [-0.39, 0.29) is 29.8 Å². The molecular weight excluding hydrogens is 604 g/mol. The van der Waals surface area contributed by atoms with Crippen molar-refractivity contribution in [1.82, 2.24) is 20.0 Å². The summed E-state index contributed by atoms with van der Waals surface area (Å²) in [6.45, 7) is 4.40. The van der Waals surface area contributed by atoms with E-state index in [0.29, 0.717) is 17.4 Å². The van der Waals surface area contributed by atoms with Crippen LogP contribution in [0.4, 0.5) is 5.13 Å². The number of ether oxygens (including phenoxy) is 1. The Bertz CT molecular complexity index is 1600. The van der Waals surface area contributed by atoms with Crippen LogP contribution < -0.4 is 26.2 Å². The van der Waals surface area contributed by atoms with Gasteiger partial charge in [0.2, 0.25) is 6.20 Å². The van der Waals surface area contributed by atoms with Crippen LogP contribution in [0.3, 0.4) is 0 Å². The quantitative estimate of drug-likeness (QED) is 0.0461. The minimum atomic E-state index is -4.94. The third-order valence-corrected chi connectivity index (χ3v) is 7.51. The molecule has 4 rings (SSSR count). The summed E-state index contributed by atoms with van der Waals surface area (Å²) in [7, 11) is -2.97. The summed E-state index contributed by atoms with van der Waals surface area (Å²) in [5, 5.41) is 8.48. The zero-order valence-corrected chi connectivity index (χ0v) is 25.3. The largest absolute Gasteiger partial charge is 0.490 e. The molecule has 1 aromatic carbocycles. The molecule has 0 radical (unpaired) electrons. The van der Waals surface area contributed by atoms with E-state index in [1.54, 1.807) is 0 Å². The molecule has 43 heavy (non-hydrogen) atoms. The Morgan fingerprint density at radius 1 is 1.26 bits per heavy atom. The summed E-state index contributed by atoms with van der Waals surface area (Å²) < 4.78 is 45.2. The van der Waals surface area contributed by atoms with Gasteiger partial charge in [0.25, 0.3) is 11.8 Å². The molecule has 232 valence electrons. The summed E-state index contributed by atoms with van der Waals surface area (Å²) in [5.74, 6) is -1.12. The van der Waals surface area contributed by atoms with Crippen molar-refractivity contribution in [2.75, 3.05) is 25.5 Å². The highest BCUT2D eigenvalue weighted by molar-refractivity contribution is 7.80. The van der Waals surface area contributed by atoms with E-state index in [1.165, 1.54) is 19.2 Å². The molecule has 6 N–H and O–H groups in total. The van der Waals surface area contributed by atoms with Gasteiger partial charge < -0.3 is 26.4 Å². The standard InChI is InChI=1S/C25H32N8O8S2/c1-25(2)21(23(35)33(25)41-43(36,37)38)29-22(34)20(19-15-42-24(27)28-19)30-40-12-11-39-18-7-5-16(6-8-18)17-13-31(3)32(14-17)10-4-9-26/h5-8,13-15,21H,4,9-12,26H2,1-3H3,(H3-,27,28,29,34,36,37,38)/p+1/b30-20-. The van der Waals surface area contributed by atoms with E-state index in [2.05, 4.69) is 30.6 Å². The number of hydrogen-bond donors (Lipinski definition) is 4. The first kappa shape index (κ1) is 31.8. The van der Waals surface area contributed by atoms with Gasteiger partial charge >= 0.3 is 10.4 Å². The van der Waals surface area contributed by atoms with E-state index >= 15 is 0 Å². The fourth-order valence-electron chi connectivity index (χ4n) is 4.26. The lowest BCUT2D eigenvalue weighted by Crippen LogP contribution is -2.76. The third-order valence-electron chi connectivity index (χ3n) is 6.50. The second kappa shape index (κ2) is 13.0. The van der Waals surface area contributed by atoms with Gasteiger partial charge in [0.1, 0.15) is 24.1 Å². The molecule has 0 aliphatic carbocycles. The summed E-state index contributed by atoms with van der Waals surface area (Å²) in [5.41, 5.74) is 11.9. The van der Waals surface area contributed by atoms with Crippen LogP contribution in [-0.4, -0.2) is 76.6 Å². The number of carbonyl (C=O) groups excluding carboxylic acids is 2. The van der Waals surface area contributed by atoms with E-state index in [4.69, 9.17) is 25.6 Å². The van der Waals surface area contributed by atoms with Gasteiger partial charge in [-0.05, 0) is 44.5 Å². The molecular formula is C25H33N8O8S2+. The molecule has 0 spiro atoms. The van der Waals surface area contributed by atoms with Crippen LogP contribution >= 0.6 is 11.3 Å². The number of nitrogens with one attached hydrogen (secondary N) is 1. The highest BCUT2D eigenvalue weighted by Gasteiger charge is 2.58. The highest BCUT2D eigenvalue weighted by Crippen LogP contribution is 2.33. The van der Waals surface area contributed by atoms with Crippen LogP contribution in [0.1, 0.15) is 26.0 Å². The van der Waals surface area contributed by atoms with Crippen molar-refractivity contribution >= 4 is 44.4 Å². The minimum absolute atomic E-state index is 0.0260. The molecule has 18 heteroatoms. The van der Waals surface area contributed by atoms with E-state index in [9.17, 15) is 18.0 Å².